The lowest BCUT2D eigenvalue weighted by Gasteiger charge is -2.28. The van der Waals surface area contributed by atoms with Gasteiger partial charge in [0.1, 0.15) is 0 Å². The third kappa shape index (κ3) is 4.53. The van der Waals surface area contributed by atoms with Crippen molar-refractivity contribution in [3.63, 3.8) is 0 Å². The first-order valence-corrected chi connectivity index (χ1v) is 10.3. The molecule has 6 heteroatoms. The van der Waals surface area contributed by atoms with E-state index in [2.05, 4.69) is 26.1 Å². The number of anilines is 2. The third-order valence-electron chi connectivity index (χ3n) is 5.66. The number of aromatic carboxylic acids is 1. The molecule has 2 amide bonds. The van der Waals surface area contributed by atoms with Gasteiger partial charge in [0.2, 0.25) is 5.91 Å². The maximum atomic E-state index is 12.8. The van der Waals surface area contributed by atoms with Crippen LogP contribution in [0.5, 0.6) is 0 Å². The minimum absolute atomic E-state index is 0.0524. The molecule has 2 aromatic rings. The fourth-order valence-corrected chi connectivity index (χ4v) is 3.73. The zero-order valence-electron chi connectivity index (χ0n) is 17.7. The van der Waals surface area contributed by atoms with Crippen LogP contribution in [0, 0.1) is 0 Å². The summed E-state index contributed by atoms with van der Waals surface area (Å²) in [6, 6.07) is 11.3. The van der Waals surface area contributed by atoms with Gasteiger partial charge in [0.15, 0.2) is 0 Å². The van der Waals surface area contributed by atoms with Crippen LogP contribution in [0.2, 0.25) is 0 Å². The van der Waals surface area contributed by atoms with Gasteiger partial charge < -0.3 is 20.1 Å². The van der Waals surface area contributed by atoms with Gasteiger partial charge >= 0.3 is 0 Å². The molecule has 2 aromatic carbocycles. The van der Waals surface area contributed by atoms with Gasteiger partial charge in [-0.2, -0.15) is 0 Å². The van der Waals surface area contributed by atoms with Crippen molar-refractivity contribution < 1.29 is 19.5 Å². The highest BCUT2D eigenvalue weighted by molar-refractivity contribution is 6.05. The Balaban J connectivity index is 1.90. The van der Waals surface area contributed by atoms with E-state index >= 15 is 0 Å². The molecule has 158 valence electrons. The number of fused-ring (bicyclic) bond motifs is 1. The molecule has 1 N–H and O–H groups in total. The quantitative estimate of drug-likeness (QED) is 0.794. The summed E-state index contributed by atoms with van der Waals surface area (Å²) in [5.74, 6) is -1.42. The molecule has 0 saturated carbocycles. The SMILES string of the molecule is CCCCN1C(=O)CCC(C)(C)c2cc(C(=O)Nc3ccc(C(=O)[O-])cc3)ccc21. The van der Waals surface area contributed by atoms with Crippen molar-refractivity contribution in [1.29, 1.82) is 0 Å². The summed E-state index contributed by atoms with van der Waals surface area (Å²) >= 11 is 0. The minimum Gasteiger partial charge on any atom is -0.545 e. The van der Waals surface area contributed by atoms with Gasteiger partial charge in [-0.15, -0.1) is 0 Å². The van der Waals surface area contributed by atoms with Crippen LogP contribution in [0.3, 0.4) is 0 Å². The van der Waals surface area contributed by atoms with E-state index in [1.165, 1.54) is 24.3 Å². The van der Waals surface area contributed by atoms with Crippen LogP contribution >= 0.6 is 0 Å². The molecule has 0 aliphatic carbocycles. The largest absolute Gasteiger partial charge is 0.545 e. The van der Waals surface area contributed by atoms with E-state index in [-0.39, 0.29) is 22.8 Å². The molecule has 0 atom stereocenters. The molecule has 0 aromatic heterocycles. The summed E-state index contributed by atoms with van der Waals surface area (Å²) in [5.41, 5.74) is 2.68. The number of rotatable bonds is 6. The number of carboxylic acids is 1. The summed E-state index contributed by atoms with van der Waals surface area (Å²) < 4.78 is 0. The Labute approximate surface area is 176 Å². The van der Waals surface area contributed by atoms with E-state index in [1.807, 2.05) is 17.0 Å². The molecule has 30 heavy (non-hydrogen) atoms. The van der Waals surface area contributed by atoms with Crippen molar-refractivity contribution in [2.75, 3.05) is 16.8 Å². The molecule has 0 bridgehead atoms. The van der Waals surface area contributed by atoms with E-state index in [4.69, 9.17) is 0 Å². The lowest BCUT2D eigenvalue weighted by molar-refractivity contribution is -0.255. The average Bonchev–Trinajstić information content (AvgIpc) is 2.81. The summed E-state index contributed by atoms with van der Waals surface area (Å²) in [6.45, 7) is 6.97. The van der Waals surface area contributed by atoms with E-state index in [0.29, 0.717) is 24.2 Å². The Morgan fingerprint density at radius 1 is 1.10 bits per heavy atom. The molecular weight excluding hydrogens is 380 g/mol. The van der Waals surface area contributed by atoms with Crippen molar-refractivity contribution >= 4 is 29.2 Å². The summed E-state index contributed by atoms with van der Waals surface area (Å²) in [6.07, 6.45) is 3.13. The molecule has 0 spiro atoms. The van der Waals surface area contributed by atoms with Crippen molar-refractivity contribution in [3.8, 4) is 0 Å². The Morgan fingerprint density at radius 3 is 2.40 bits per heavy atom. The van der Waals surface area contributed by atoms with Crippen molar-refractivity contribution in [2.24, 2.45) is 0 Å². The predicted molar refractivity (Wildman–Crippen MR) is 115 cm³/mol. The molecule has 3 rings (SSSR count). The standard InChI is InChI=1S/C24H28N2O4/c1-4-5-14-26-20-11-8-17(15-19(20)24(2,3)13-12-21(26)27)22(28)25-18-9-6-16(7-10-18)23(29)30/h6-11,15H,4-5,12-14H2,1-3H3,(H,25,28)(H,29,30)/p-1. The van der Waals surface area contributed by atoms with Gasteiger partial charge in [-0.25, -0.2) is 0 Å². The first-order valence-electron chi connectivity index (χ1n) is 10.3. The van der Waals surface area contributed by atoms with Crippen LogP contribution in [0.25, 0.3) is 0 Å². The number of hydrogen-bond donors (Lipinski definition) is 1. The Morgan fingerprint density at radius 2 is 1.77 bits per heavy atom. The molecule has 0 fully saturated rings. The lowest BCUT2D eigenvalue weighted by atomic mass is 9.80. The number of benzene rings is 2. The van der Waals surface area contributed by atoms with Crippen LogP contribution < -0.4 is 15.3 Å². The van der Waals surface area contributed by atoms with Gasteiger partial charge in [0, 0.05) is 29.9 Å². The highest BCUT2D eigenvalue weighted by Gasteiger charge is 2.33. The number of amides is 2. The maximum absolute atomic E-state index is 12.8. The number of nitrogens with one attached hydrogen (secondary N) is 1. The third-order valence-corrected chi connectivity index (χ3v) is 5.66. The van der Waals surface area contributed by atoms with Crippen LogP contribution in [-0.4, -0.2) is 24.3 Å². The van der Waals surface area contributed by atoms with E-state index in [9.17, 15) is 19.5 Å². The van der Waals surface area contributed by atoms with E-state index < -0.39 is 5.97 Å². The van der Waals surface area contributed by atoms with Gasteiger partial charge in [-0.3, -0.25) is 9.59 Å². The molecule has 1 aliphatic rings. The molecule has 1 heterocycles. The number of unbranched alkanes of at least 4 members (excludes halogenated alkanes) is 1. The minimum atomic E-state index is -1.26. The molecule has 0 radical (unpaired) electrons. The number of carbonyl (C=O) groups excluding carboxylic acids is 3. The number of nitrogens with zero attached hydrogens (tertiary/aromatic N) is 1. The molecular formula is C24H27N2O4-. The highest BCUT2D eigenvalue weighted by Crippen LogP contribution is 2.40. The highest BCUT2D eigenvalue weighted by atomic mass is 16.4. The van der Waals surface area contributed by atoms with E-state index in [1.54, 1.807) is 6.07 Å². The molecule has 1 aliphatic heterocycles. The topological polar surface area (TPSA) is 89.5 Å². The van der Waals surface area contributed by atoms with Crippen LogP contribution in [0.1, 0.15) is 72.7 Å². The average molecular weight is 407 g/mol. The van der Waals surface area contributed by atoms with Crippen molar-refractivity contribution in [2.45, 2.75) is 51.9 Å². The molecule has 6 nitrogen and oxygen atoms in total. The van der Waals surface area contributed by atoms with Crippen molar-refractivity contribution in [1.82, 2.24) is 0 Å². The van der Waals surface area contributed by atoms with Gasteiger partial charge in [0.05, 0.1) is 5.97 Å². The zero-order chi connectivity index (χ0) is 21.9. The predicted octanol–water partition coefficient (Wildman–Crippen LogP) is 3.51. The first-order chi connectivity index (χ1) is 14.2. The first kappa shape index (κ1) is 21.6. The fraction of sp³-hybridized carbons (Fsp3) is 0.375. The van der Waals surface area contributed by atoms with Gasteiger partial charge in [0.25, 0.3) is 5.91 Å². The summed E-state index contributed by atoms with van der Waals surface area (Å²) in [7, 11) is 0. The van der Waals surface area contributed by atoms with Crippen LogP contribution in [-0.2, 0) is 10.2 Å². The Bertz CT molecular complexity index is 964. The summed E-state index contributed by atoms with van der Waals surface area (Å²) in [4.78, 5) is 38.2. The second-order valence-electron chi connectivity index (χ2n) is 8.33. The van der Waals surface area contributed by atoms with Crippen LogP contribution in [0.15, 0.2) is 42.5 Å². The second kappa shape index (κ2) is 8.69. The Kier molecular flexibility index (Phi) is 6.25. The lowest BCUT2D eigenvalue weighted by Crippen LogP contribution is -2.31. The monoisotopic (exact) mass is 407 g/mol. The maximum Gasteiger partial charge on any atom is 0.255 e. The fourth-order valence-electron chi connectivity index (χ4n) is 3.73. The van der Waals surface area contributed by atoms with Crippen molar-refractivity contribution in [3.05, 3.63) is 59.2 Å². The molecule has 0 unspecified atom stereocenters. The second-order valence-corrected chi connectivity index (χ2v) is 8.33. The zero-order valence-corrected chi connectivity index (χ0v) is 17.7. The number of carbonyl (C=O) groups is 3. The van der Waals surface area contributed by atoms with E-state index in [0.717, 1.165) is 30.5 Å². The van der Waals surface area contributed by atoms with Gasteiger partial charge in [-0.05, 0) is 59.7 Å². The Hall–Kier alpha value is -3.15. The van der Waals surface area contributed by atoms with Crippen LogP contribution in [0.4, 0.5) is 11.4 Å². The molecule has 0 saturated heterocycles. The smallest absolute Gasteiger partial charge is 0.255 e. The number of carboxylic acid groups (broad SMARTS) is 1. The summed E-state index contributed by atoms with van der Waals surface area (Å²) in [5, 5.41) is 13.7. The normalized spacial score (nSPS) is 15.3. The van der Waals surface area contributed by atoms with Gasteiger partial charge in [-0.1, -0.05) is 39.3 Å². The number of hydrogen-bond acceptors (Lipinski definition) is 4.